The van der Waals surface area contributed by atoms with Crippen molar-refractivity contribution in [3.05, 3.63) is 46.0 Å². The molecule has 1 N–H and O–H groups in total. The van der Waals surface area contributed by atoms with Crippen LogP contribution in [0.3, 0.4) is 0 Å². The number of anilines is 1. The van der Waals surface area contributed by atoms with Crippen molar-refractivity contribution in [2.45, 2.75) is 33.1 Å². The fraction of sp³-hybridized carbons (Fsp3) is 0.375. The molecule has 20 heavy (non-hydrogen) atoms. The number of aryl methyl sites for hydroxylation is 2. The lowest BCUT2D eigenvalue weighted by Gasteiger charge is -2.15. The number of amides is 1. The Hall–Kier alpha value is -1.68. The van der Waals surface area contributed by atoms with Crippen molar-refractivity contribution in [2.24, 2.45) is 5.92 Å². The van der Waals surface area contributed by atoms with Crippen LogP contribution in [0.25, 0.3) is 0 Å². The summed E-state index contributed by atoms with van der Waals surface area (Å²) in [7, 11) is 0. The van der Waals surface area contributed by atoms with E-state index in [2.05, 4.69) is 17.2 Å². The molecule has 1 aromatic heterocycles. The Morgan fingerprint density at radius 3 is 3.10 bits per heavy atom. The molecular weight excluding hydrogens is 268 g/mol. The number of hydrogen-bond acceptors (Lipinski definition) is 3. The van der Waals surface area contributed by atoms with E-state index in [1.807, 2.05) is 31.2 Å². The third-order valence-electron chi connectivity index (χ3n) is 3.69. The highest BCUT2D eigenvalue weighted by Gasteiger charge is 2.20. The minimum Gasteiger partial charge on any atom is -0.298 e. The van der Waals surface area contributed by atoms with Gasteiger partial charge in [-0.15, -0.1) is 11.3 Å². The smallest absolute Gasteiger partial charge is 0.257 e. The lowest BCUT2D eigenvalue weighted by Crippen LogP contribution is -2.12. The summed E-state index contributed by atoms with van der Waals surface area (Å²) >= 11 is 1.62. The summed E-state index contributed by atoms with van der Waals surface area (Å²) in [6.45, 7) is 4.26. The first-order valence-corrected chi connectivity index (χ1v) is 7.80. The van der Waals surface area contributed by atoms with Crippen molar-refractivity contribution in [3.63, 3.8) is 0 Å². The van der Waals surface area contributed by atoms with E-state index in [1.165, 1.54) is 17.0 Å². The topological polar surface area (TPSA) is 42.0 Å². The van der Waals surface area contributed by atoms with Gasteiger partial charge in [0.15, 0.2) is 5.13 Å². The number of thiazole rings is 1. The molecule has 3 nitrogen and oxygen atoms in total. The molecule has 0 aliphatic heterocycles. The molecule has 1 amide bonds. The summed E-state index contributed by atoms with van der Waals surface area (Å²) in [6, 6.07) is 7.61. The van der Waals surface area contributed by atoms with E-state index in [1.54, 1.807) is 11.3 Å². The lowest BCUT2D eigenvalue weighted by atomic mass is 9.93. The first kappa shape index (κ1) is 13.3. The molecule has 1 aliphatic rings. The largest absolute Gasteiger partial charge is 0.298 e. The molecule has 0 fully saturated rings. The number of rotatable bonds is 2. The van der Waals surface area contributed by atoms with Crippen molar-refractivity contribution < 1.29 is 4.79 Å². The maximum atomic E-state index is 12.2. The lowest BCUT2D eigenvalue weighted by molar-refractivity contribution is 0.102. The molecule has 1 aliphatic carbocycles. The van der Waals surface area contributed by atoms with Gasteiger partial charge >= 0.3 is 0 Å². The van der Waals surface area contributed by atoms with Crippen LogP contribution in [0.4, 0.5) is 5.13 Å². The van der Waals surface area contributed by atoms with E-state index in [0.717, 1.165) is 29.5 Å². The summed E-state index contributed by atoms with van der Waals surface area (Å²) in [5, 5.41) is 3.66. The molecule has 0 bridgehead atoms. The Morgan fingerprint density at radius 2 is 2.30 bits per heavy atom. The Kier molecular flexibility index (Phi) is 3.57. The number of aromatic nitrogens is 1. The molecule has 0 unspecified atom stereocenters. The Labute approximate surface area is 123 Å². The van der Waals surface area contributed by atoms with Gasteiger partial charge in [-0.05, 0) is 44.2 Å². The second kappa shape index (κ2) is 5.37. The van der Waals surface area contributed by atoms with Gasteiger partial charge in [-0.1, -0.05) is 24.6 Å². The van der Waals surface area contributed by atoms with E-state index >= 15 is 0 Å². The second-order valence-electron chi connectivity index (χ2n) is 5.56. The Balaban J connectivity index is 1.77. The van der Waals surface area contributed by atoms with Gasteiger partial charge in [0.1, 0.15) is 0 Å². The summed E-state index contributed by atoms with van der Waals surface area (Å²) in [5.41, 5.74) is 2.95. The van der Waals surface area contributed by atoms with E-state index in [9.17, 15) is 4.79 Å². The number of carbonyl (C=O) groups is 1. The summed E-state index contributed by atoms with van der Waals surface area (Å²) < 4.78 is 0. The highest BCUT2D eigenvalue weighted by Crippen LogP contribution is 2.32. The van der Waals surface area contributed by atoms with Crippen molar-refractivity contribution in [1.29, 1.82) is 0 Å². The third-order valence-corrected chi connectivity index (χ3v) is 4.72. The van der Waals surface area contributed by atoms with Crippen molar-refractivity contribution in [3.8, 4) is 0 Å². The monoisotopic (exact) mass is 286 g/mol. The van der Waals surface area contributed by atoms with Gasteiger partial charge in [0.05, 0.1) is 5.69 Å². The van der Waals surface area contributed by atoms with Gasteiger partial charge in [-0.3, -0.25) is 10.1 Å². The first-order valence-electron chi connectivity index (χ1n) is 6.98. The van der Waals surface area contributed by atoms with Crippen LogP contribution in [0.15, 0.2) is 24.3 Å². The van der Waals surface area contributed by atoms with Gasteiger partial charge in [0.2, 0.25) is 0 Å². The summed E-state index contributed by atoms with van der Waals surface area (Å²) in [5.74, 6) is 0.649. The molecule has 0 radical (unpaired) electrons. The van der Waals surface area contributed by atoms with Gasteiger partial charge in [-0.2, -0.15) is 0 Å². The van der Waals surface area contributed by atoms with Gasteiger partial charge in [-0.25, -0.2) is 4.98 Å². The quantitative estimate of drug-likeness (QED) is 0.911. The third kappa shape index (κ3) is 2.75. The molecule has 0 spiro atoms. The number of carbonyl (C=O) groups excluding carboxylic acids is 1. The predicted octanol–water partition coefficient (Wildman–Crippen LogP) is 3.83. The van der Waals surface area contributed by atoms with Crippen LogP contribution in [0.2, 0.25) is 0 Å². The Morgan fingerprint density at radius 1 is 1.45 bits per heavy atom. The van der Waals surface area contributed by atoms with Crippen LogP contribution in [0, 0.1) is 12.8 Å². The van der Waals surface area contributed by atoms with Crippen LogP contribution in [-0.4, -0.2) is 10.9 Å². The maximum Gasteiger partial charge on any atom is 0.257 e. The number of nitrogens with one attached hydrogen (secondary N) is 1. The van der Waals surface area contributed by atoms with Gasteiger partial charge < -0.3 is 0 Å². The first-order chi connectivity index (χ1) is 9.61. The fourth-order valence-electron chi connectivity index (χ4n) is 2.55. The van der Waals surface area contributed by atoms with Crippen molar-refractivity contribution >= 4 is 22.4 Å². The number of fused-ring (bicyclic) bond motifs is 1. The van der Waals surface area contributed by atoms with E-state index < -0.39 is 0 Å². The van der Waals surface area contributed by atoms with Crippen LogP contribution >= 0.6 is 11.3 Å². The zero-order chi connectivity index (χ0) is 14.1. The molecule has 1 atom stereocenters. The van der Waals surface area contributed by atoms with E-state index in [0.29, 0.717) is 5.56 Å². The van der Waals surface area contributed by atoms with Crippen molar-refractivity contribution in [1.82, 2.24) is 4.98 Å². The van der Waals surface area contributed by atoms with Crippen LogP contribution in [-0.2, 0) is 12.8 Å². The second-order valence-corrected chi connectivity index (χ2v) is 6.64. The van der Waals surface area contributed by atoms with Crippen LogP contribution < -0.4 is 5.32 Å². The zero-order valence-corrected chi connectivity index (χ0v) is 12.6. The standard InChI is InChI=1S/C16H18N2OS/c1-10-4-3-5-12(8-10)15(19)18-16-17-13-7-6-11(2)9-14(13)20-16/h3-5,8,11H,6-7,9H2,1-2H3,(H,17,18,19)/t11-/m1/s1. The minimum atomic E-state index is -0.0761. The molecule has 1 aromatic carbocycles. The van der Waals surface area contributed by atoms with Gasteiger partial charge in [0.25, 0.3) is 5.91 Å². The molecule has 4 heteroatoms. The van der Waals surface area contributed by atoms with Gasteiger partial charge in [0, 0.05) is 10.4 Å². The molecular formula is C16H18N2OS. The SMILES string of the molecule is Cc1cccc(C(=O)Nc2nc3c(s2)C[C@H](C)CC3)c1. The molecule has 3 rings (SSSR count). The summed E-state index contributed by atoms with van der Waals surface area (Å²) in [6.07, 6.45) is 3.32. The van der Waals surface area contributed by atoms with E-state index in [-0.39, 0.29) is 5.91 Å². The average molecular weight is 286 g/mol. The minimum absolute atomic E-state index is 0.0761. The number of benzene rings is 1. The zero-order valence-electron chi connectivity index (χ0n) is 11.8. The maximum absolute atomic E-state index is 12.2. The summed E-state index contributed by atoms with van der Waals surface area (Å²) in [4.78, 5) is 18.1. The highest BCUT2D eigenvalue weighted by atomic mass is 32.1. The highest BCUT2D eigenvalue weighted by molar-refractivity contribution is 7.15. The predicted molar refractivity (Wildman–Crippen MR) is 82.4 cm³/mol. The van der Waals surface area contributed by atoms with Crippen LogP contribution in [0.5, 0.6) is 0 Å². The van der Waals surface area contributed by atoms with Crippen LogP contribution in [0.1, 0.15) is 39.8 Å². The number of hydrogen-bond donors (Lipinski definition) is 1. The molecule has 0 saturated heterocycles. The van der Waals surface area contributed by atoms with E-state index in [4.69, 9.17) is 0 Å². The normalized spacial score (nSPS) is 17.6. The molecule has 1 heterocycles. The molecule has 2 aromatic rings. The number of nitrogens with zero attached hydrogens (tertiary/aromatic N) is 1. The average Bonchev–Trinajstić information content (AvgIpc) is 2.80. The Bertz CT molecular complexity index is 648. The molecule has 0 saturated carbocycles. The fourth-order valence-corrected chi connectivity index (χ4v) is 3.72. The van der Waals surface area contributed by atoms with Crippen molar-refractivity contribution in [2.75, 3.05) is 5.32 Å². The molecule has 104 valence electrons.